The first-order chi connectivity index (χ1) is 11.1. The molecule has 4 fully saturated rings. The van der Waals surface area contributed by atoms with Crippen molar-refractivity contribution in [3.63, 3.8) is 0 Å². The van der Waals surface area contributed by atoms with Crippen molar-refractivity contribution in [2.24, 2.45) is 23.7 Å². The molecule has 4 aliphatic rings. The third kappa shape index (κ3) is 2.58. The molecule has 5 rings (SSSR count). The summed E-state index contributed by atoms with van der Waals surface area (Å²) < 4.78 is 6.08. The second-order valence-corrected chi connectivity index (χ2v) is 8.09. The predicted octanol–water partition coefficient (Wildman–Crippen LogP) is 3.91. The van der Waals surface area contributed by atoms with Crippen LogP contribution in [0.4, 0.5) is 0 Å². The molecule has 4 saturated carbocycles. The van der Waals surface area contributed by atoms with Crippen molar-refractivity contribution in [1.29, 1.82) is 0 Å². The number of amides is 1. The number of hydrogen-bond donors (Lipinski definition) is 1. The average molecular weight is 334 g/mol. The zero-order valence-corrected chi connectivity index (χ0v) is 14.3. The van der Waals surface area contributed by atoms with E-state index in [1.54, 1.807) is 18.2 Å². The Morgan fingerprint density at radius 2 is 1.87 bits per heavy atom. The van der Waals surface area contributed by atoms with E-state index >= 15 is 0 Å². The maximum Gasteiger partial charge on any atom is 0.251 e. The van der Waals surface area contributed by atoms with Crippen molar-refractivity contribution in [3.8, 4) is 0 Å². The molecule has 4 bridgehead atoms. The van der Waals surface area contributed by atoms with E-state index in [-0.39, 0.29) is 11.5 Å². The molecule has 0 atom stereocenters. The van der Waals surface area contributed by atoms with Crippen molar-refractivity contribution in [1.82, 2.24) is 5.32 Å². The lowest BCUT2D eigenvalue weighted by Gasteiger charge is -2.60. The second kappa shape index (κ2) is 5.78. The lowest BCUT2D eigenvalue weighted by atomic mass is 9.49. The van der Waals surface area contributed by atoms with Gasteiger partial charge in [-0.2, -0.15) is 0 Å². The third-order valence-electron chi connectivity index (χ3n) is 6.51. The normalized spacial score (nSPS) is 37.8. The molecule has 0 radical (unpaired) electrons. The Hall–Kier alpha value is -1.06. The van der Waals surface area contributed by atoms with Gasteiger partial charge in [0.25, 0.3) is 5.91 Å². The number of halogens is 1. The Balaban J connectivity index is 1.49. The summed E-state index contributed by atoms with van der Waals surface area (Å²) in [5.74, 6) is 2.93. The topological polar surface area (TPSA) is 38.3 Å². The fourth-order valence-corrected chi connectivity index (χ4v) is 5.82. The van der Waals surface area contributed by atoms with Crippen molar-refractivity contribution in [3.05, 3.63) is 34.9 Å². The minimum Gasteiger partial charge on any atom is -0.376 e. The van der Waals surface area contributed by atoms with Crippen molar-refractivity contribution < 1.29 is 9.53 Å². The molecule has 3 nitrogen and oxygen atoms in total. The fraction of sp³-hybridized carbons (Fsp3) is 0.632. The van der Waals surface area contributed by atoms with Gasteiger partial charge in [-0.25, -0.2) is 0 Å². The first kappa shape index (κ1) is 15.5. The molecule has 1 aromatic carbocycles. The Morgan fingerprint density at radius 1 is 1.22 bits per heavy atom. The molecule has 0 heterocycles. The Morgan fingerprint density at radius 3 is 2.43 bits per heavy atom. The van der Waals surface area contributed by atoms with Gasteiger partial charge in [-0.15, -0.1) is 0 Å². The maximum atomic E-state index is 12.5. The number of rotatable bonds is 4. The molecule has 4 heteroatoms. The summed E-state index contributed by atoms with van der Waals surface area (Å²) >= 11 is 5.99. The molecule has 23 heavy (non-hydrogen) atoms. The second-order valence-electron chi connectivity index (χ2n) is 7.66. The Labute approximate surface area is 142 Å². The van der Waals surface area contributed by atoms with E-state index in [9.17, 15) is 4.79 Å². The van der Waals surface area contributed by atoms with E-state index in [0.717, 1.165) is 11.8 Å². The summed E-state index contributed by atoms with van der Waals surface area (Å²) in [6.45, 7) is 0.615. The zero-order valence-electron chi connectivity index (χ0n) is 13.6. The molecule has 0 aliphatic heterocycles. The highest BCUT2D eigenvalue weighted by molar-refractivity contribution is 6.30. The molecule has 0 spiro atoms. The van der Waals surface area contributed by atoms with Gasteiger partial charge in [0.2, 0.25) is 0 Å². The quantitative estimate of drug-likeness (QED) is 0.907. The van der Waals surface area contributed by atoms with Crippen LogP contribution in [0.2, 0.25) is 5.02 Å². The van der Waals surface area contributed by atoms with E-state index in [1.807, 2.05) is 13.2 Å². The largest absolute Gasteiger partial charge is 0.376 e. The highest BCUT2D eigenvalue weighted by Crippen LogP contribution is 2.59. The summed E-state index contributed by atoms with van der Waals surface area (Å²) in [4.78, 5) is 12.5. The number of ether oxygens (including phenoxy) is 1. The molecule has 1 amide bonds. The van der Waals surface area contributed by atoms with Crippen LogP contribution in [-0.2, 0) is 4.74 Å². The van der Waals surface area contributed by atoms with Crippen LogP contribution >= 0.6 is 11.6 Å². The maximum absolute atomic E-state index is 12.5. The van der Waals surface area contributed by atoms with Crippen molar-refractivity contribution in [2.45, 2.75) is 37.7 Å². The van der Waals surface area contributed by atoms with Crippen molar-refractivity contribution in [2.75, 3.05) is 13.7 Å². The van der Waals surface area contributed by atoms with Gasteiger partial charge in [0.15, 0.2) is 0 Å². The average Bonchev–Trinajstić information content (AvgIpc) is 2.54. The van der Waals surface area contributed by atoms with E-state index < -0.39 is 0 Å². The summed E-state index contributed by atoms with van der Waals surface area (Å²) in [6, 6.07) is 7.11. The highest BCUT2D eigenvalue weighted by atomic mass is 35.5. The predicted molar refractivity (Wildman–Crippen MR) is 90.6 cm³/mol. The molecule has 4 aliphatic carbocycles. The lowest BCUT2D eigenvalue weighted by Crippen LogP contribution is -2.63. The molecular formula is C19H24ClNO2. The molecule has 0 aromatic heterocycles. The minimum atomic E-state index is -0.165. The van der Waals surface area contributed by atoms with Gasteiger partial charge in [0.05, 0.1) is 5.60 Å². The van der Waals surface area contributed by atoms with Crippen LogP contribution < -0.4 is 5.32 Å². The number of carbonyl (C=O) groups excluding carboxylic acids is 1. The van der Waals surface area contributed by atoms with Crippen LogP contribution in [0.3, 0.4) is 0 Å². The molecule has 0 saturated heterocycles. The zero-order chi connectivity index (χ0) is 16.0. The van der Waals surface area contributed by atoms with Gasteiger partial charge in [0.1, 0.15) is 0 Å². The van der Waals surface area contributed by atoms with E-state index in [1.165, 1.54) is 32.1 Å². The van der Waals surface area contributed by atoms with Crippen LogP contribution in [0.5, 0.6) is 0 Å². The smallest absolute Gasteiger partial charge is 0.251 e. The number of benzene rings is 1. The van der Waals surface area contributed by atoms with E-state index in [4.69, 9.17) is 16.3 Å². The van der Waals surface area contributed by atoms with Gasteiger partial charge in [-0.1, -0.05) is 17.7 Å². The summed E-state index contributed by atoms with van der Waals surface area (Å²) in [6.07, 6.45) is 6.51. The van der Waals surface area contributed by atoms with Crippen LogP contribution in [0.15, 0.2) is 24.3 Å². The summed E-state index contributed by atoms with van der Waals surface area (Å²) in [5.41, 5.74) is 0.453. The van der Waals surface area contributed by atoms with Gasteiger partial charge in [0, 0.05) is 24.2 Å². The van der Waals surface area contributed by atoms with Gasteiger partial charge in [-0.3, -0.25) is 4.79 Å². The Bertz CT molecular complexity index is 587. The first-order valence-corrected chi connectivity index (χ1v) is 9.07. The van der Waals surface area contributed by atoms with Gasteiger partial charge >= 0.3 is 0 Å². The molecule has 0 unspecified atom stereocenters. The van der Waals surface area contributed by atoms with Gasteiger partial charge in [-0.05, 0) is 74.0 Å². The molecular weight excluding hydrogens is 310 g/mol. The van der Waals surface area contributed by atoms with Crippen LogP contribution in [0, 0.1) is 23.7 Å². The number of hydrogen-bond acceptors (Lipinski definition) is 2. The van der Waals surface area contributed by atoms with Crippen LogP contribution in [0.25, 0.3) is 0 Å². The first-order valence-electron chi connectivity index (χ1n) is 8.69. The molecule has 124 valence electrons. The summed E-state index contributed by atoms with van der Waals surface area (Å²) in [7, 11) is 1.83. The molecule has 1 N–H and O–H groups in total. The monoisotopic (exact) mass is 333 g/mol. The third-order valence-corrected chi connectivity index (χ3v) is 6.75. The summed E-state index contributed by atoms with van der Waals surface area (Å²) in [5, 5.41) is 3.71. The van der Waals surface area contributed by atoms with Gasteiger partial charge < -0.3 is 10.1 Å². The molecule has 1 aromatic rings. The lowest BCUT2D eigenvalue weighted by molar-refractivity contribution is -0.186. The van der Waals surface area contributed by atoms with Crippen molar-refractivity contribution >= 4 is 17.5 Å². The number of nitrogens with one attached hydrogen (secondary N) is 1. The SMILES string of the molecule is COC1(CNC(=O)c2cccc(Cl)c2)C2CC3CC(C2)CC1C3. The van der Waals surface area contributed by atoms with Crippen LogP contribution in [-0.4, -0.2) is 25.2 Å². The van der Waals surface area contributed by atoms with E-state index in [2.05, 4.69) is 5.32 Å². The number of methoxy groups -OCH3 is 1. The Kier molecular flexibility index (Phi) is 3.89. The minimum absolute atomic E-state index is 0.0577. The number of carbonyl (C=O) groups is 1. The highest BCUT2D eigenvalue weighted by Gasteiger charge is 2.57. The van der Waals surface area contributed by atoms with E-state index in [0.29, 0.717) is 29.0 Å². The fourth-order valence-electron chi connectivity index (χ4n) is 5.63. The van der Waals surface area contributed by atoms with Crippen LogP contribution in [0.1, 0.15) is 42.5 Å². The standard InChI is InChI=1S/C19H24ClNO2/c1-23-19(11-21-18(22)14-3-2-4-17(20)10-14)15-6-12-5-13(8-15)9-16(19)7-12/h2-4,10,12-13,15-16H,5-9,11H2,1H3,(H,21,22).